The SMILES string of the molecule is CCc1cc(Br)ccc1Nc1ccc(C(F)(F)F)cc1N. The molecular weight excluding hydrogens is 345 g/mol. The molecule has 0 amide bonds. The van der Waals surface area contributed by atoms with Gasteiger partial charge in [0.05, 0.1) is 16.9 Å². The van der Waals surface area contributed by atoms with Crippen LogP contribution in [0.2, 0.25) is 0 Å². The lowest BCUT2D eigenvalue weighted by Crippen LogP contribution is -2.07. The first-order chi connectivity index (χ1) is 9.81. The molecule has 3 N–H and O–H groups in total. The van der Waals surface area contributed by atoms with Crippen LogP contribution in [0.1, 0.15) is 18.1 Å². The molecule has 0 aliphatic heterocycles. The van der Waals surface area contributed by atoms with E-state index in [0.29, 0.717) is 5.69 Å². The van der Waals surface area contributed by atoms with E-state index in [2.05, 4.69) is 21.2 Å². The number of nitrogens with one attached hydrogen (secondary N) is 1. The summed E-state index contributed by atoms with van der Waals surface area (Å²) in [5, 5.41) is 3.08. The molecule has 2 aromatic carbocycles. The Bertz CT molecular complexity index is 654. The number of hydrogen-bond donors (Lipinski definition) is 2. The molecular formula is C15H14BrF3N2. The van der Waals surface area contributed by atoms with Gasteiger partial charge in [-0.3, -0.25) is 0 Å². The first-order valence-corrected chi connectivity index (χ1v) is 7.12. The van der Waals surface area contributed by atoms with Gasteiger partial charge in [0.25, 0.3) is 0 Å². The zero-order valence-corrected chi connectivity index (χ0v) is 12.8. The molecule has 21 heavy (non-hydrogen) atoms. The van der Waals surface area contributed by atoms with Crippen molar-refractivity contribution in [1.29, 1.82) is 0 Å². The lowest BCUT2D eigenvalue weighted by molar-refractivity contribution is -0.137. The number of rotatable bonds is 3. The Balaban J connectivity index is 2.32. The highest BCUT2D eigenvalue weighted by molar-refractivity contribution is 9.10. The van der Waals surface area contributed by atoms with Crippen LogP contribution in [0.5, 0.6) is 0 Å². The van der Waals surface area contributed by atoms with E-state index < -0.39 is 11.7 Å². The van der Waals surface area contributed by atoms with Gasteiger partial charge in [0.15, 0.2) is 0 Å². The maximum absolute atomic E-state index is 12.6. The van der Waals surface area contributed by atoms with Crippen LogP contribution in [-0.4, -0.2) is 0 Å². The first-order valence-electron chi connectivity index (χ1n) is 6.33. The van der Waals surface area contributed by atoms with Crippen molar-refractivity contribution in [3.8, 4) is 0 Å². The molecule has 112 valence electrons. The van der Waals surface area contributed by atoms with Crippen molar-refractivity contribution in [2.75, 3.05) is 11.1 Å². The Hall–Kier alpha value is -1.69. The Kier molecular flexibility index (Phi) is 4.46. The number of anilines is 3. The van der Waals surface area contributed by atoms with Gasteiger partial charge >= 0.3 is 6.18 Å². The minimum Gasteiger partial charge on any atom is -0.397 e. The van der Waals surface area contributed by atoms with Gasteiger partial charge in [-0.2, -0.15) is 13.2 Å². The molecule has 2 rings (SSSR count). The number of benzene rings is 2. The van der Waals surface area contributed by atoms with E-state index in [1.807, 2.05) is 25.1 Å². The van der Waals surface area contributed by atoms with Crippen LogP contribution < -0.4 is 11.1 Å². The smallest absolute Gasteiger partial charge is 0.397 e. The van der Waals surface area contributed by atoms with Crippen LogP contribution in [0, 0.1) is 0 Å². The van der Waals surface area contributed by atoms with Crippen LogP contribution in [0.4, 0.5) is 30.2 Å². The van der Waals surface area contributed by atoms with Crippen molar-refractivity contribution in [2.24, 2.45) is 0 Å². The minimum absolute atomic E-state index is 0.0646. The molecule has 2 nitrogen and oxygen atoms in total. The quantitative estimate of drug-likeness (QED) is 0.725. The highest BCUT2D eigenvalue weighted by atomic mass is 79.9. The number of aryl methyl sites for hydroxylation is 1. The molecule has 0 unspecified atom stereocenters. The van der Waals surface area contributed by atoms with Gasteiger partial charge in [0.2, 0.25) is 0 Å². The van der Waals surface area contributed by atoms with E-state index in [1.54, 1.807) is 0 Å². The topological polar surface area (TPSA) is 38.0 Å². The lowest BCUT2D eigenvalue weighted by Gasteiger charge is -2.15. The zero-order chi connectivity index (χ0) is 15.6. The van der Waals surface area contributed by atoms with Gasteiger partial charge in [-0.05, 0) is 48.4 Å². The van der Waals surface area contributed by atoms with Gasteiger partial charge in [-0.1, -0.05) is 22.9 Å². The number of hydrogen-bond acceptors (Lipinski definition) is 2. The van der Waals surface area contributed by atoms with Crippen LogP contribution in [-0.2, 0) is 12.6 Å². The molecule has 0 aliphatic rings. The predicted octanol–water partition coefficient (Wildman–Crippen LogP) is 5.36. The second kappa shape index (κ2) is 5.97. The number of halogens is 4. The highest BCUT2D eigenvalue weighted by Gasteiger charge is 2.30. The average molecular weight is 359 g/mol. The lowest BCUT2D eigenvalue weighted by atomic mass is 10.1. The van der Waals surface area contributed by atoms with Crippen molar-refractivity contribution in [2.45, 2.75) is 19.5 Å². The van der Waals surface area contributed by atoms with E-state index in [0.717, 1.165) is 34.3 Å². The van der Waals surface area contributed by atoms with Crippen molar-refractivity contribution in [1.82, 2.24) is 0 Å². The van der Waals surface area contributed by atoms with Crippen molar-refractivity contribution < 1.29 is 13.2 Å². The average Bonchev–Trinajstić information content (AvgIpc) is 2.41. The molecule has 2 aromatic rings. The fourth-order valence-electron chi connectivity index (χ4n) is 1.97. The summed E-state index contributed by atoms with van der Waals surface area (Å²) in [4.78, 5) is 0. The molecule has 0 heterocycles. The van der Waals surface area contributed by atoms with E-state index in [1.165, 1.54) is 6.07 Å². The molecule has 0 aliphatic carbocycles. The summed E-state index contributed by atoms with van der Waals surface area (Å²) in [6.07, 6.45) is -3.60. The number of nitrogen functional groups attached to an aromatic ring is 1. The van der Waals surface area contributed by atoms with Gasteiger partial charge in [0.1, 0.15) is 0 Å². The minimum atomic E-state index is -4.39. The fourth-order valence-corrected chi connectivity index (χ4v) is 2.38. The van der Waals surface area contributed by atoms with E-state index in [4.69, 9.17) is 5.73 Å². The standard InChI is InChI=1S/C15H14BrF3N2/c1-2-9-7-11(16)4-6-13(9)21-14-5-3-10(8-12(14)20)15(17,18)19/h3-8,21H,2,20H2,1H3. The van der Waals surface area contributed by atoms with Crippen LogP contribution in [0.3, 0.4) is 0 Å². The third-order valence-electron chi connectivity index (χ3n) is 3.10. The van der Waals surface area contributed by atoms with E-state index in [-0.39, 0.29) is 5.69 Å². The fraction of sp³-hybridized carbons (Fsp3) is 0.200. The Morgan fingerprint density at radius 2 is 1.76 bits per heavy atom. The summed E-state index contributed by atoms with van der Waals surface area (Å²) in [7, 11) is 0. The normalized spacial score (nSPS) is 11.5. The molecule has 0 spiro atoms. The Morgan fingerprint density at radius 3 is 2.33 bits per heavy atom. The predicted molar refractivity (Wildman–Crippen MR) is 82.7 cm³/mol. The van der Waals surface area contributed by atoms with Crippen molar-refractivity contribution >= 4 is 33.0 Å². The monoisotopic (exact) mass is 358 g/mol. The molecule has 0 aromatic heterocycles. The van der Waals surface area contributed by atoms with Crippen molar-refractivity contribution in [3.63, 3.8) is 0 Å². The summed E-state index contributed by atoms with van der Waals surface area (Å²) in [5.41, 5.74) is 7.36. The summed E-state index contributed by atoms with van der Waals surface area (Å²) >= 11 is 3.39. The van der Waals surface area contributed by atoms with Crippen LogP contribution in [0.25, 0.3) is 0 Å². The summed E-state index contributed by atoms with van der Waals surface area (Å²) in [6.45, 7) is 2.00. The molecule has 0 saturated heterocycles. The second-order valence-electron chi connectivity index (χ2n) is 4.58. The van der Waals surface area contributed by atoms with Crippen molar-refractivity contribution in [3.05, 3.63) is 52.0 Å². The summed E-state index contributed by atoms with van der Waals surface area (Å²) in [6, 6.07) is 8.99. The van der Waals surface area contributed by atoms with Gasteiger partial charge < -0.3 is 11.1 Å². The van der Waals surface area contributed by atoms with Gasteiger partial charge in [0, 0.05) is 10.2 Å². The number of alkyl halides is 3. The van der Waals surface area contributed by atoms with E-state index in [9.17, 15) is 13.2 Å². The summed E-state index contributed by atoms with van der Waals surface area (Å²) < 4.78 is 38.8. The van der Waals surface area contributed by atoms with Gasteiger partial charge in [-0.15, -0.1) is 0 Å². The third-order valence-corrected chi connectivity index (χ3v) is 3.59. The van der Waals surface area contributed by atoms with Crippen LogP contribution >= 0.6 is 15.9 Å². The van der Waals surface area contributed by atoms with E-state index >= 15 is 0 Å². The highest BCUT2D eigenvalue weighted by Crippen LogP contribution is 2.34. The maximum Gasteiger partial charge on any atom is 0.416 e. The maximum atomic E-state index is 12.6. The number of nitrogens with two attached hydrogens (primary N) is 1. The molecule has 0 radical (unpaired) electrons. The largest absolute Gasteiger partial charge is 0.416 e. The second-order valence-corrected chi connectivity index (χ2v) is 5.50. The summed E-state index contributed by atoms with van der Waals surface area (Å²) in [5.74, 6) is 0. The molecule has 0 fully saturated rings. The Labute approximate surface area is 129 Å². The molecule has 6 heteroatoms. The zero-order valence-electron chi connectivity index (χ0n) is 11.3. The molecule has 0 saturated carbocycles. The third kappa shape index (κ3) is 3.69. The van der Waals surface area contributed by atoms with Crippen LogP contribution in [0.15, 0.2) is 40.9 Å². The first kappa shape index (κ1) is 15.7. The molecule has 0 bridgehead atoms. The molecule has 0 atom stereocenters. The Morgan fingerprint density at radius 1 is 1.10 bits per heavy atom. The van der Waals surface area contributed by atoms with Gasteiger partial charge in [-0.25, -0.2) is 0 Å².